The molecule has 2 rings (SSSR count). The summed E-state index contributed by atoms with van der Waals surface area (Å²) in [6.07, 6.45) is 1.26. The highest BCUT2D eigenvalue weighted by Gasteiger charge is 2.38. The molecule has 1 heterocycles. The number of hydrogen-bond acceptors (Lipinski definition) is 1. The van der Waals surface area contributed by atoms with Crippen LogP contribution in [0.2, 0.25) is 12.1 Å². The zero-order valence-corrected chi connectivity index (χ0v) is 9.12. The molecule has 1 unspecified atom stereocenters. The summed E-state index contributed by atoms with van der Waals surface area (Å²) in [7, 11) is -1.48. The van der Waals surface area contributed by atoms with Gasteiger partial charge in [-0.2, -0.15) is 0 Å². The first kappa shape index (κ1) is 8.97. The Morgan fingerprint density at radius 2 is 2.08 bits per heavy atom. The van der Waals surface area contributed by atoms with Gasteiger partial charge in [-0.15, -0.1) is 0 Å². The second kappa shape index (κ2) is 3.64. The first-order valence-corrected chi connectivity index (χ1v) is 7.39. The largest absolute Gasteiger partial charge is 0.412 e. The molecule has 1 atom stereocenters. The maximum atomic E-state index is 6.01. The highest BCUT2D eigenvalue weighted by atomic mass is 28.4. The van der Waals surface area contributed by atoms with E-state index >= 15 is 0 Å². The molecule has 1 aromatic rings. The molecular weight excluding hydrogens is 176 g/mol. The molecular formula is C11H16OSi. The second-order valence-electron chi connectivity index (χ2n) is 3.67. The van der Waals surface area contributed by atoms with Gasteiger partial charge < -0.3 is 4.43 Å². The van der Waals surface area contributed by atoms with E-state index in [4.69, 9.17) is 4.43 Å². The molecule has 0 spiro atoms. The third-order valence-corrected chi connectivity index (χ3v) is 7.42. The van der Waals surface area contributed by atoms with Crippen LogP contribution in [-0.4, -0.2) is 14.9 Å². The summed E-state index contributed by atoms with van der Waals surface area (Å²) in [4.78, 5) is 0. The Bertz CT molecular complexity index is 265. The summed E-state index contributed by atoms with van der Waals surface area (Å²) in [5, 5.41) is 1.48. The lowest BCUT2D eigenvalue weighted by molar-refractivity contribution is 0.350. The summed E-state index contributed by atoms with van der Waals surface area (Å²) in [5.74, 6) is 0. The van der Waals surface area contributed by atoms with Crippen molar-refractivity contribution in [1.82, 2.24) is 0 Å². The Kier molecular flexibility index (Phi) is 2.51. The molecule has 13 heavy (non-hydrogen) atoms. The monoisotopic (exact) mass is 192 g/mol. The quantitative estimate of drug-likeness (QED) is 0.653. The maximum Gasteiger partial charge on any atom is 0.223 e. The minimum Gasteiger partial charge on any atom is -0.412 e. The van der Waals surface area contributed by atoms with Crippen molar-refractivity contribution >= 4 is 13.5 Å². The van der Waals surface area contributed by atoms with Gasteiger partial charge in [0.15, 0.2) is 0 Å². The summed E-state index contributed by atoms with van der Waals surface area (Å²) in [5.41, 5.74) is 0. The zero-order valence-electron chi connectivity index (χ0n) is 8.12. The van der Waals surface area contributed by atoms with Crippen LogP contribution in [0.4, 0.5) is 0 Å². The lowest BCUT2D eigenvalue weighted by atomic mass is 10.4. The van der Waals surface area contributed by atoms with Crippen molar-refractivity contribution < 1.29 is 4.43 Å². The Hall–Kier alpha value is -0.603. The Morgan fingerprint density at radius 1 is 1.31 bits per heavy atom. The van der Waals surface area contributed by atoms with Gasteiger partial charge in [0.2, 0.25) is 8.32 Å². The first-order chi connectivity index (χ1) is 6.37. The summed E-state index contributed by atoms with van der Waals surface area (Å²) >= 11 is 0. The molecule has 1 saturated heterocycles. The fourth-order valence-electron chi connectivity index (χ4n) is 2.15. The number of benzene rings is 1. The van der Waals surface area contributed by atoms with Gasteiger partial charge in [0, 0.05) is 6.61 Å². The van der Waals surface area contributed by atoms with Gasteiger partial charge in [0.25, 0.3) is 0 Å². The van der Waals surface area contributed by atoms with E-state index in [9.17, 15) is 0 Å². The standard InChI is InChI=1S/C11H16OSi/c1-2-13(10-6-9-12-13)11-7-4-3-5-8-11/h3-5,7-8H,2,6,9-10H2,1H3. The molecule has 0 aromatic heterocycles. The summed E-state index contributed by atoms with van der Waals surface area (Å²) in [6.45, 7) is 3.25. The highest BCUT2D eigenvalue weighted by Crippen LogP contribution is 2.25. The van der Waals surface area contributed by atoms with Crippen molar-refractivity contribution in [2.75, 3.05) is 6.61 Å². The Morgan fingerprint density at radius 3 is 2.62 bits per heavy atom. The van der Waals surface area contributed by atoms with Crippen LogP contribution in [0.15, 0.2) is 30.3 Å². The second-order valence-corrected chi connectivity index (χ2v) is 7.73. The van der Waals surface area contributed by atoms with Crippen LogP contribution in [0.5, 0.6) is 0 Å². The summed E-state index contributed by atoms with van der Waals surface area (Å²) < 4.78 is 6.01. The normalized spacial score (nSPS) is 27.8. The molecule has 1 aromatic carbocycles. The molecule has 0 aliphatic carbocycles. The summed E-state index contributed by atoms with van der Waals surface area (Å²) in [6, 6.07) is 13.3. The smallest absolute Gasteiger partial charge is 0.223 e. The van der Waals surface area contributed by atoms with Gasteiger partial charge in [-0.1, -0.05) is 37.3 Å². The van der Waals surface area contributed by atoms with E-state index in [-0.39, 0.29) is 0 Å². The predicted octanol–water partition coefficient (Wildman–Crippen LogP) is 2.28. The van der Waals surface area contributed by atoms with E-state index in [2.05, 4.69) is 37.3 Å². The average Bonchev–Trinajstić information content (AvgIpc) is 2.69. The van der Waals surface area contributed by atoms with Gasteiger partial charge in [-0.25, -0.2) is 0 Å². The number of rotatable bonds is 2. The molecule has 0 N–H and O–H groups in total. The SMILES string of the molecule is CC[Si]1(c2ccccc2)CCCO1. The molecule has 0 amide bonds. The molecule has 1 aliphatic rings. The molecule has 0 radical (unpaired) electrons. The average molecular weight is 192 g/mol. The van der Waals surface area contributed by atoms with Gasteiger partial charge in [0.05, 0.1) is 0 Å². The van der Waals surface area contributed by atoms with Crippen molar-refractivity contribution in [2.45, 2.75) is 25.4 Å². The third kappa shape index (κ3) is 1.56. The zero-order chi connectivity index (χ0) is 9.15. The molecule has 0 bridgehead atoms. The fraction of sp³-hybridized carbons (Fsp3) is 0.455. The van der Waals surface area contributed by atoms with Gasteiger partial charge in [0.1, 0.15) is 0 Å². The molecule has 1 aliphatic heterocycles. The van der Waals surface area contributed by atoms with E-state index in [1.165, 1.54) is 23.7 Å². The van der Waals surface area contributed by atoms with E-state index in [0.29, 0.717) is 0 Å². The minimum absolute atomic E-state index is 0.981. The van der Waals surface area contributed by atoms with Crippen LogP contribution >= 0.6 is 0 Å². The van der Waals surface area contributed by atoms with Crippen molar-refractivity contribution in [2.24, 2.45) is 0 Å². The van der Waals surface area contributed by atoms with Crippen LogP contribution in [0.25, 0.3) is 0 Å². The van der Waals surface area contributed by atoms with E-state index in [1.807, 2.05) is 0 Å². The minimum atomic E-state index is -1.48. The predicted molar refractivity (Wildman–Crippen MR) is 57.7 cm³/mol. The molecule has 1 fully saturated rings. The number of hydrogen-bond donors (Lipinski definition) is 0. The van der Waals surface area contributed by atoms with E-state index < -0.39 is 8.32 Å². The van der Waals surface area contributed by atoms with E-state index in [0.717, 1.165) is 6.61 Å². The van der Waals surface area contributed by atoms with Crippen molar-refractivity contribution in [1.29, 1.82) is 0 Å². The van der Waals surface area contributed by atoms with Gasteiger partial charge >= 0.3 is 0 Å². The Balaban J connectivity index is 2.31. The topological polar surface area (TPSA) is 9.23 Å². The molecule has 2 heteroatoms. The Labute approximate surface area is 80.9 Å². The van der Waals surface area contributed by atoms with Crippen LogP contribution in [0.1, 0.15) is 13.3 Å². The first-order valence-electron chi connectivity index (χ1n) is 5.07. The maximum absolute atomic E-state index is 6.01. The van der Waals surface area contributed by atoms with Gasteiger partial charge in [-0.3, -0.25) is 0 Å². The molecule has 1 nitrogen and oxygen atoms in total. The van der Waals surface area contributed by atoms with Crippen molar-refractivity contribution in [3.63, 3.8) is 0 Å². The van der Waals surface area contributed by atoms with Crippen LogP contribution in [-0.2, 0) is 4.43 Å². The molecule has 70 valence electrons. The van der Waals surface area contributed by atoms with Crippen LogP contribution in [0.3, 0.4) is 0 Å². The lowest BCUT2D eigenvalue weighted by Crippen LogP contribution is -2.46. The highest BCUT2D eigenvalue weighted by molar-refractivity contribution is 6.86. The lowest BCUT2D eigenvalue weighted by Gasteiger charge is -2.23. The van der Waals surface area contributed by atoms with Crippen LogP contribution in [0, 0.1) is 0 Å². The van der Waals surface area contributed by atoms with Gasteiger partial charge in [-0.05, 0) is 23.7 Å². The van der Waals surface area contributed by atoms with Crippen molar-refractivity contribution in [3.8, 4) is 0 Å². The fourth-order valence-corrected chi connectivity index (χ4v) is 5.77. The van der Waals surface area contributed by atoms with Crippen molar-refractivity contribution in [3.05, 3.63) is 30.3 Å². The molecule has 0 saturated carbocycles. The van der Waals surface area contributed by atoms with E-state index in [1.54, 1.807) is 0 Å². The third-order valence-electron chi connectivity index (χ3n) is 2.97. The van der Waals surface area contributed by atoms with Crippen LogP contribution < -0.4 is 5.19 Å².